The van der Waals surface area contributed by atoms with E-state index in [4.69, 9.17) is 0 Å². The Labute approximate surface area is 94.8 Å². The maximum absolute atomic E-state index is 13.5. The highest BCUT2D eigenvalue weighted by molar-refractivity contribution is 5.71. The van der Waals surface area contributed by atoms with Gasteiger partial charge in [-0.3, -0.25) is 9.69 Å². The quantitative estimate of drug-likeness (QED) is 0.734. The molecular formula is C12H16FNO2. The fourth-order valence-corrected chi connectivity index (χ4v) is 1.46. The molecular weight excluding hydrogens is 209 g/mol. The summed E-state index contributed by atoms with van der Waals surface area (Å²) < 4.78 is 18.0. The lowest BCUT2D eigenvalue weighted by atomic mass is 10.1. The van der Waals surface area contributed by atoms with Crippen molar-refractivity contribution in [3.63, 3.8) is 0 Å². The normalized spacial score (nSPS) is 12.6. The number of benzene rings is 1. The number of esters is 1. The van der Waals surface area contributed by atoms with Gasteiger partial charge in [-0.15, -0.1) is 0 Å². The smallest absolute Gasteiger partial charge is 0.319 e. The van der Waals surface area contributed by atoms with Gasteiger partial charge in [-0.25, -0.2) is 4.39 Å². The van der Waals surface area contributed by atoms with Crippen LogP contribution in [0.25, 0.3) is 0 Å². The van der Waals surface area contributed by atoms with Crippen LogP contribution in [0.2, 0.25) is 0 Å². The van der Waals surface area contributed by atoms with Gasteiger partial charge < -0.3 is 4.74 Å². The van der Waals surface area contributed by atoms with Gasteiger partial charge >= 0.3 is 5.97 Å². The number of likely N-dealkylation sites (N-methyl/N-ethyl adjacent to an activating group) is 1. The zero-order chi connectivity index (χ0) is 12.1. The number of rotatable bonds is 4. The molecule has 3 nitrogen and oxygen atoms in total. The third-order valence-electron chi connectivity index (χ3n) is 2.62. The number of ether oxygens (including phenoxy) is 1. The summed E-state index contributed by atoms with van der Waals surface area (Å²) in [5, 5.41) is 0. The lowest BCUT2D eigenvalue weighted by Gasteiger charge is -2.24. The summed E-state index contributed by atoms with van der Waals surface area (Å²) in [5.74, 6) is -0.586. The first-order valence-corrected chi connectivity index (χ1v) is 5.07. The van der Waals surface area contributed by atoms with Crippen LogP contribution in [0.5, 0.6) is 0 Å². The van der Waals surface area contributed by atoms with E-state index in [2.05, 4.69) is 4.74 Å². The molecule has 1 atom stereocenters. The molecule has 0 bridgehead atoms. The highest BCUT2D eigenvalue weighted by Crippen LogP contribution is 2.21. The van der Waals surface area contributed by atoms with Gasteiger partial charge in [-0.05, 0) is 20.0 Å². The minimum atomic E-state index is -0.328. The first-order chi connectivity index (χ1) is 7.56. The Hall–Kier alpha value is -1.42. The van der Waals surface area contributed by atoms with E-state index < -0.39 is 0 Å². The highest BCUT2D eigenvalue weighted by atomic mass is 19.1. The third-order valence-corrected chi connectivity index (χ3v) is 2.62. The predicted molar refractivity (Wildman–Crippen MR) is 59.5 cm³/mol. The molecule has 1 unspecified atom stereocenters. The minimum absolute atomic E-state index is 0.145. The summed E-state index contributed by atoms with van der Waals surface area (Å²) in [6.45, 7) is 1.99. The van der Waals surface area contributed by atoms with Gasteiger partial charge in [-0.2, -0.15) is 0 Å². The van der Waals surface area contributed by atoms with Crippen molar-refractivity contribution in [1.82, 2.24) is 4.90 Å². The van der Waals surface area contributed by atoms with E-state index >= 15 is 0 Å². The molecule has 88 valence electrons. The summed E-state index contributed by atoms with van der Waals surface area (Å²) in [5.41, 5.74) is 0.578. The van der Waals surface area contributed by atoms with E-state index in [9.17, 15) is 9.18 Å². The van der Waals surface area contributed by atoms with Crippen LogP contribution in [0.3, 0.4) is 0 Å². The van der Waals surface area contributed by atoms with Crippen LogP contribution in [-0.4, -0.2) is 31.6 Å². The number of hydrogen-bond acceptors (Lipinski definition) is 3. The fourth-order valence-electron chi connectivity index (χ4n) is 1.46. The third kappa shape index (κ3) is 3.03. The largest absolute Gasteiger partial charge is 0.468 e. The van der Waals surface area contributed by atoms with Gasteiger partial charge in [0.15, 0.2) is 0 Å². The maximum atomic E-state index is 13.5. The Balaban J connectivity index is 2.74. The second kappa shape index (κ2) is 5.61. The fraction of sp³-hybridized carbons (Fsp3) is 0.417. The summed E-state index contributed by atoms with van der Waals surface area (Å²) in [7, 11) is 3.10. The zero-order valence-corrected chi connectivity index (χ0v) is 9.74. The van der Waals surface area contributed by atoms with Crippen molar-refractivity contribution >= 4 is 5.97 Å². The molecule has 16 heavy (non-hydrogen) atoms. The van der Waals surface area contributed by atoms with Crippen molar-refractivity contribution in [1.29, 1.82) is 0 Å². The number of halogens is 1. The molecule has 0 amide bonds. The van der Waals surface area contributed by atoms with Gasteiger partial charge in [0.05, 0.1) is 13.7 Å². The van der Waals surface area contributed by atoms with Crippen molar-refractivity contribution in [2.75, 3.05) is 20.7 Å². The standard InChI is InChI=1S/C12H16FNO2/c1-9(14(2)8-12(15)16-3)10-6-4-5-7-11(10)13/h4-7,9H,8H2,1-3H3. The minimum Gasteiger partial charge on any atom is -0.468 e. The van der Waals surface area contributed by atoms with E-state index in [0.717, 1.165) is 0 Å². The number of carbonyl (C=O) groups is 1. The highest BCUT2D eigenvalue weighted by Gasteiger charge is 2.17. The molecule has 4 heteroatoms. The van der Waals surface area contributed by atoms with Crippen LogP contribution in [0.1, 0.15) is 18.5 Å². The first-order valence-electron chi connectivity index (χ1n) is 5.07. The van der Waals surface area contributed by atoms with Crippen LogP contribution in [0.4, 0.5) is 4.39 Å². The molecule has 0 N–H and O–H groups in total. The van der Waals surface area contributed by atoms with Crippen molar-refractivity contribution in [2.45, 2.75) is 13.0 Å². The van der Waals surface area contributed by atoms with Crippen molar-refractivity contribution in [3.8, 4) is 0 Å². The van der Waals surface area contributed by atoms with E-state index in [1.807, 2.05) is 6.92 Å². The number of nitrogens with zero attached hydrogens (tertiary/aromatic N) is 1. The molecule has 0 heterocycles. The van der Waals surface area contributed by atoms with E-state index in [1.54, 1.807) is 30.1 Å². The van der Waals surface area contributed by atoms with Crippen LogP contribution < -0.4 is 0 Å². The monoisotopic (exact) mass is 225 g/mol. The molecule has 0 fully saturated rings. The van der Waals surface area contributed by atoms with Crippen LogP contribution in [-0.2, 0) is 9.53 Å². The van der Waals surface area contributed by atoms with Gasteiger partial charge in [0.1, 0.15) is 5.82 Å². The predicted octanol–water partition coefficient (Wildman–Crippen LogP) is 1.99. The topological polar surface area (TPSA) is 29.5 Å². The van der Waals surface area contributed by atoms with Gasteiger partial charge in [-0.1, -0.05) is 18.2 Å². The van der Waals surface area contributed by atoms with E-state index in [-0.39, 0.29) is 24.4 Å². The molecule has 1 aromatic rings. The van der Waals surface area contributed by atoms with Crippen LogP contribution >= 0.6 is 0 Å². The first kappa shape index (κ1) is 12.6. The summed E-state index contributed by atoms with van der Waals surface area (Å²) in [4.78, 5) is 12.8. The Bertz CT molecular complexity index is 368. The lowest BCUT2D eigenvalue weighted by Crippen LogP contribution is -2.29. The Morgan fingerprint density at radius 1 is 1.50 bits per heavy atom. The molecule has 1 rings (SSSR count). The molecule has 0 aromatic heterocycles. The van der Waals surface area contributed by atoms with Crippen molar-refractivity contribution in [2.24, 2.45) is 0 Å². The van der Waals surface area contributed by atoms with Crippen LogP contribution in [0.15, 0.2) is 24.3 Å². The molecule has 0 aliphatic heterocycles. The molecule has 0 radical (unpaired) electrons. The molecule has 0 aliphatic carbocycles. The Morgan fingerprint density at radius 3 is 2.69 bits per heavy atom. The average molecular weight is 225 g/mol. The maximum Gasteiger partial charge on any atom is 0.319 e. The number of hydrogen-bond donors (Lipinski definition) is 0. The van der Waals surface area contributed by atoms with E-state index in [0.29, 0.717) is 5.56 Å². The SMILES string of the molecule is COC(=O)CN(C)C(C)c1ccccc1F. The van der Waals surface area contributed by atoms with Gasteiger partial charge in [0.25, 0.3) is 0 Å². The Kier molecular flexibility index (Phi) is 4.43. The zero-order valence-electron chi connectivity index (χ0n) is 9.74. The van der Waals surface area contributed by atoms with Gasteiger partial charge in [0, 0.05) is 11.6 Å². The molecule has 1 aromatic carbocycles. The second-order valence-electron chi connectivity index (χ2n) is 3.69. The van der Waals surface area contributed by atoms with Crippen molar-refractivity contribution in [3.05, 3.63) is 35.6 Å². The molecule has 0 saturated carbocycles. The second-order valence-corrected chi connectivity index (χ2v) is 3.69. The molecule has 0 spiro atoms. The van der Waals surface area contributed by atoms with Gasteiger partial charge in [0.2, 0.25) is 0 Å². The number of methoxy groups -OCH3 is 1. The van der Waals surface area contributed by atoms with Crippen LogP contribution in [0, 0.1) is 5.82 Å². The lowest BCUT2D eigenvalue weighted by molar-refractivity contribution is -0.142. The van der Waals surface area contributed by atoms with E-state index in [1.165, 1.54) is 13.2 Å². The Morgan fingerprint density at radius 2 is 2.12 bits per heavy atom. The summed E-state index contributed by atoms with van der Waals surface area (Å²) in [6.07, 6.45) is 0. The number of carbonyl (C=O) groups excluding carboxylic acids is 1. The van der Waals surface area contributed by atoms with Crippen molar-refractivity contribution < 1.29 is 13.9 Å². The summed E-state index contributed by atoms with van der Waals surface area (Å²) >= 11 is 0. The molecule has 0 aliphatic rings. The molecule has 0 saturated heterocycles. The average Bonchev–Trinajstić information content (AvgIpc) is 2.28. The summed E-state index contributed by atoms with van der Waals surface area (Å²) in [6, 6.07) is 6.39.